The van der Waals surface area contributed by atoms with Crippen LogP contribution in [0.2, 0.25) is 5.02 Å². The summed E-state index contributed by atoms with van der Waals surface area (Å²) in [6.07, 6.45) is 0.328. The summed E-state index contributed by atoms with van der Waals surface area (Å²) in [7, 11) is 1.53. The number of hydrogen-bond acceptors (Lipinski definition) is 4. The van der Waals surface area contributed by atoms with E-state index in [0.29, 0.717) is 22.9 Å². The molecule has 2 amide bonds. The number of hydrogen-bond donors (Lipinski definition) is 3. The lowest BCUT2D eigenvalue weighted by atomic mass is 10.1. The maximum atomic E-state index is 12.3. The maximum absolute atomic E-state index is 12.3. The quantitative estimate of drug-likeness (QED) is 0.626. The Labute approximate surface area is 170 Å². The van der Waals surface area contributed by atoms with Crippen LogP contribution in [0.25, 0.3) is 0 Å². The smallest absolute Gasteiger partial charge is 0.243 e. The molecule has 28 heavy (non-hydrogen) atoms. The number of benzene rings is 2. The predicted octanol–water partition coefficient (Wildman–Crippen LogP) is 3.77. The normalized spacial score (nSPS) is 10.5. The SMILES string of the molecule is COc1cc(Cl)c(C)cc1NC(=O)CNc1ccc(CC(=O)NC(C)C)cc1. The van der Waals surface area contributed by atoms with Crippen LogP contribution in [0.3, 0.4) is 0 Å². The van der Waals surface area contributed by atoms with E-state index in [4.69, 9.17) is 16.3 Å². The molecule has 0 aliphatic rings. The van der Waals surface area contributed by atoms with Crippen molar-refractivity contribution in [3.05, 3.63) is 52.5 Å². The van der Waals surface area contributed by atoms with Crippen LogP contribution in [0.4, 0.5) is 11.4 Å². The number of amides is 2. The van der Waals surface area contributed by atoms with Crippen LogP contribution in [-0.2, 0) is 16.0 Å². The zero-order valence-electron chi connectivity index (χ0n) is 16.6. The highest BCUT2D eigenvalue weighted by Gasteiger charge is 2.10. The van der Waals surface area contributed by atoms with E-state index in [1.807, 2.05) is 45.0 Å². The van der Waals surface area contributed by atoms with Crippen molar-refractivity contribution in [3.63, 3.8) is 0 Å². The third-order valence-electron chi connectivity index (χ3n) is 3.98. The molecule has 2 aromatic rings. The molecule has 2 rings (SSSR count). The van der Waals surface area contributed by atoms with Gasteiger partial charge < -0.3 is 20.7 Å². The number of rotatable bonds is 8. The van der Waals surface area contributed by atoms with Crippen LogP contribution in [0.1, 0.15) is 25.0 Å². The van der Waals surface area contributed by atoms with Crippen molar-refractivity contribution in [2.24, 2.45) is 0 Å². The summed E-state index contributed by atoms with van der Waals surface area (Å²) in [5, 5.41) is 9.32. The molecule has 0 aliphatic carbocycles. The number of carbonyl (C=O) groups excluding carboxylic acids is 2. The minimum atomic E-state index is -0.208. The zero-order chi connectivity index (χ0) is 20.7. The first-order chi connectivity index (χ1) is 13.3. The molecule has 0 heterocycles. The van der Waals surface area contributed by atoms with Gasteiger partial charge >= 0.3 is 0 Å². The highest BCUT2D eigenvalue weighted by Crippen LogP contribution is 2.30. The van der Waals surface area contributed by atoms with Gasteiger partial charge in [0.1, 0.15) is 5.75 Å². The second-order valence-corrected chi connectivity index (χ2v) is 7.21. The number of methoxy groups -OCH3 is 1. The summed E-state index contributed by atoms with van der Waals surface area (Å²) < 4.78 is 5.26. The molecule has 0 bridgehead atoms. The van der Waals surface area contributed by atoms with Crippen LogP contribution in [0, 0.1) is 6.92 Å². The molecule has 0 unspecified atom stereocenters. The Morgan fingerprint density at radius 2 is 1.79 bits per heavy atom. The minimum Gasteiger partial charge on any atom is -0.495 e. The molecule has 0 radical (unpaired) electrons. The van der Waals surface area contributed by atoms with Gasteiger partial charge in [-0.2, -0.15) is 0 Å². The monoisotopic (exact) mass is 403 g/mol. The Morgan fingerprint density at radius 1 is 1.11 bits per heavy atom. The number of anilines is 2. The topological polar surface area (TPSA) is 79.5 Å². The van der Waals surface area contributed by atoms with Gasteiger partial charge in [0.15, 0.2) is 0 Å². The van der Waals surface area contributed by atoms with E-state index in [2.05, 4.69) is 16.0 Å². The van der Waals surface area contributed by atoms with Crippen LogP contribution < -0.4 is 20.7 Å². The lowest BCUT2D eigenvalue weighted by Gasteiger charge is -2.13. The predicted molar refractivity (Wildman–Crippen MR) is 113 cm³/mol. The Hall–Kier alpha value is -2.73. The van der Waals surface area contributed by atoms with Crippen molar-refractivity contribution in [1.29, 1.82) is 0 Å². The number of carbonyl (C=O) groups is 2. The average Bonchev–Trinajstić information content (AvgIpc) is 2.63. The van der Waals surface area contributed by atoms with E-state index in [-0.39, 0.29) is 24.4 Å². The maximum Gasteiger partial charge on any atom is 0.243 e. The zero-order valence-corrected chi connectivity index (χ0v) is 17.3. The Morgan fingerprint density at radius 3 is 2.39 bits per heavy atom. The molecule has 0 saturated carbocycles. The van der Waals surface area contributed by atoms with E-state index >= 15 is 0 Å². The summed E-state index contributed by atoms with van der Waals surface area (Å²) >= 11 is 6.08. The molecule has 6 nitrogen and oxygen atoms in total. The molecule has 0 atom stereocenters. The average molecular weight is 404 g/mol. The first-order valence-electron chi connectivity index (χ1n) is 9.04. The van der Waals surface area contributed by atoms with E-state index in [9.17, 15) is 9.59 Å². The van der Waals surface area contributed by atoms with Crippen molar-refractivity contribution >= 4 is 34.8 Å². The molecular formula is C21H26ClN3O3. The Kier molecular flexibility index (Phi) is 7.70. The van der Waals surface area contributed by atoms with Gasteiger partial charge in [0, 0.05) is 22.8 Å². The van der Waals surface area contributed by atoms with Gasteiger partial charge in [-0.3, -0.25) is 9.59 Å². The highest BCUT2D eigenvalue weighted by atomic mass is 35.5. The van der Waals surface area contributed by atoms with Gasteiger partial charge in [-0.15, -0.1) is 0 Å². The Balaban J connectivity index is 1.89. The molecule has 0 aliphatic heterocycles. The van der Waals surface area contributed by atoms with Crippen molar-refractivity contribution in [2.45, 2.75) is 33.2 Å². The van der Waals surface area contributed by atoms with Crippen LogP contribution in [0.5, 0.6) is 5.75 Å². The van der Waals surface area contributed by atoms with E-state index < -0.39 is 0 Å². The molecule has 3 N–H and O–H groups in total. The summed E-state index contributed by atoms with van der Waals surface area (Å²) in [6.45, 7) is 5.81. The molecule has 7 heteroatoms. The molecular weight excluding hydrogens is 378 g/mol. The van der Waals surface area contributed by atoms with E-state index in [1.54, 1.807) is 12.1 Å². The van der Waals surface area contributed by atoms with E-state index in [0.717, 1.165) is 16.8 Å². The second kappa shape index (κ2) is 9.99. The van der Waals surface area contributed by atoms with Crippen molar-refractivity contribution < 1.29 is 14.3 Å². The van der Waals surface area contributed by atoms with Gasteiger partial charge in [-0.05, 0) is 50.1 Å². The van der Waals surface area contributed by atoms with Crippen molar-refractivity contribution in [3.8, 4) is 5.75 Å². The van der Waals surface area contributed by atoms with Crippen LogP contribution in [0.15, 0.2) is 36.4 Å². The summed E-state index contributed by atoms with van der Waals surface area (Å²) in [6, 6.07) is 11.0. The standard InChI is InChI=1S/C21H26ClN3O3/c1-13(2)24-20(26)10-15-5-7-16(8-6-15)23-12-21(27)25-18-9-14(3)17(22)11-19(18)28-4/h5-9,11,13,23H,10,12H2,1-4H3,(H,24,26)(H,25,27). The van der Waals surface area contributed by atoms with Gasteiger partial charge in [0.05, 0.1) is 25.8 Å². The van der Waals surface area contributed by atoms with Gasteiger partial charge in [0.25, 0.3) is 0 Å². The van der Waals surface area contributed by atoms with Crippen molar-refractivity contribution in [1.82, 2.24) is 5.32 Å². The van der Waals surface area contributed by atoms with E-state index in [1.165, 1.54) is 7.11 Å². The highest BCUT2D eigenvalue weighted by molar-refractivity contribution is 6.31. The molecule has 150 valence electrons. The summed E-state index contributed by atoms with van der Waals surface area (Å²) in [5.41, 5.74) is 3.13. The lowest BCUT2D eigenvalue weighted by molar-refractivity contribution is -0.121. The van der Waals surface area contributed by atoms with Gasteiger partial charge in [-0.1, -0.05) is 23.7 Å². The fraction of sp³-hybridized carbons (Fsp3) is 0.333. The van der Waals surface area contributed by atoms with Crippen molar-refractivity contribution in [2.75, 3.05) is 24.3 Å². The number of nitrogens with one attached hydrogen (secondary N) is 3. The largest absolute Gasteiger partial charge is 0.495 e. The third kappa shape index (κ3) is 6.46. The molecule has 0 saturated heterocycles. The second-order valence-electron chi connectivity index (χ2n) is 6.80. The van der Waals surface area contributed by atoms with Gasteiger partial charge in [-0.25, -0.2) is 0 Å². The number of ether oxygens (including phenoxy) is 1. The molecule has 2 aromatic carbocycles. The summed E-state index contributed by atoms with van der Waals surface area (Å²) in [4.78, 5) is 24.0. The Bertz CT molecular complexity index is 836. The van der Waals surface area contributed by atoms with Gasteiger partial charge in [0.2, 0.25) is 11.8 Å². The minimum absolute atomic E-state index is 0.0118. The summed E-state index contributed by atoms with van der Waals surface area (Å²) in [5.74, 6) is 0.288. The van der Waals surface area contributed by atoms with Crippen LogP contribution in [-0.4, -0.2) is 31.5 Å². The fourth-order valence-corrected chi connectivity index (χ4v) is 2.76. The first kappa shape index (κ1) is 21.6. The molecule has 0 spiro atoms. The molecule has 0 fully saturated rings. The van der Waals surface area contributed by atoms with Crippen LogP contribution >= 0.6 is 11.6 Å². The number of halogens is 1. The third-order valence-corrected chi connectivity index (χ3v) is 4.38. The fourth-order valence-electron chi connectivity index (χ4n) is 2.61. The first-order valence-corrected chi connectivity index (χ1v) is 9.42. The lowest BCUT2D eigenvalue weighted by Crippen LogP contribution is -2.31. The number of aryl methyl sites for hydroxylation is 1. The molecule has 0 aromatic heterocycles.